The van der Waals surface area contributed by atoms with E-state index in [1.807, 2.05) is 50.4 Å². The van der Waals surface area contributed by atoms with Gasteiger partial charge in [0, 0.05) is 76.4 Å². The van der Waals surface area contributed by atoms with Gasteiger partial charge in [0.05, 0.1) is 0 Å². The Labute approximate surface area is 108 Å². The lowest BCUT2D eigenvalue weighted by Gasteiger charge is -2.13. The third kappa shape index (κ3) is 2.19. The van der Waals surface area contributed by atoms with Gasteiger partial charge >= 0.3 is 0 Å². The second-order valence-electron chi connectivity index (χ2n) is 5.56. The van der Waals surface area contributed by atoms with Crippen LogP contribution in [-0.2, 0) is 9.59 Å². The zero-order valence-electron chi connectivity index (χ0n) is 11.4. The fourth-order valence-electron chi connectivity index (χ4n) is 2.88. The highest BCUT2D eigenvalue weighted by atomic mass is 16.1. The molecule has 2 fully saturated rings. The van der Waals surface area contributed by atoms with E-state index < -0.39 is 0 Å². The van der Waals surface area contributed by atoms with E-state index in [-0.39, 0.29) is 23.4 Å². The maximum Gasteiger partial charge on any atom is 0.161 e. The lowest BCUT2D eigenvalue weighted by atomic mass is 9.95. The number of fused-ring (bicyclic) bond motifs is 1. The Morgan fingerprint density at radius 1 is 0.833 bits per heavy atom. The predicted octanol–water partition coefficient (Wildman–Crippen LogP) is 1.06. The van der Waals surface area contributed by atoms with Crippen LogP contribution in [0.3, 0.4) is 0 Å². The van der Waals surface area contributed by atoms with Crippen molar-refractivity contribution in [3.05, 3.63) is 23.5 Å². The largest absolute Gasteiger partial charge is 0.383 e. The molecule has 0 N–H and O–H groups in total. The van der Waals surface area contributed by atoms with Gasteiger partial charge in [-0.3, -0.25) is 9.59 Å². The smallest absolute Gasteiger partial charge is 0.161 e. The second kappa shape index (κ2) is 4.59. The van der Waals surface area contributed by atoms with E-state index in [0.29, 0.717) is 12.8 Å². The van der Waals surface area contributed by atoms with E-state index in [9.17, 15) is 9.59 Å². The minimum Gasteiger partial charge on any atom is -0.383 e. The first kappa shape index (κ1) is 12.9. The zero-order chi connectivity index (χ0) is 13.4. The van der Waals surface area contributed by atoms with Crippen molar-refractivity contribution in [3.63, 3.8) is 0 Å². The van der Waals surface area contributed by atoms with E-state index in [2.05, 4.69) is 0 Å². The van der Waals surface area contributed by atoms with Crippen LogP contribution in [-0.4, -0.2) is 49.6 Å². The lowest BCUT2D eigenvalue weighted by Crippen LogP contribution is -2.10. The summed E-state index contributed by atoms with van der Waals surface area (Å²) in [4.78, 5) is 27.8. The molecule has 2 unspecified atom stereocenters. The van der Waals surface area contributed by atoms with Crippen molar-refractivity contribution in [1.29, 1.82) is 0 Å². The van der Waals surface area contributed by atoms with Crippen LogP contribution in [0.5, 0.6) is 0 Å². The zero-order valence-corrected chi connectivity index (χ0v) is 11.4. The van der Waals surface area contributed by atoms with Crippen LogP contribution < -0.4 is 0 Å². The summed E-state index contributed by atoms with van der Waals surface area (Å²) < 4.78 is 0. The topological polar surface area (TPSA) is 40.6 Å². The third-order valence-corrected chi connectivity index (χ3v) is 3.53. The highest BCUT2D eigenvalue weighted by Crippen LogP contribution is 2.46. The second-order valence-corrected chi connectivity index (χ2v) is 5.56. The summed E-state index contributed by atoms with van der Waals surface area (Å²) in [6, 6.07) is 0. The Hall–Kier alpha value is -1.58. The summed E-state index contributed by atoms with van der Waals surface area (Å²) >= 11 is 0. The molecule has 0 bridgehead atoms. The predicted molar refractivity (Wildman–Crippen MR) is 69.8 cm³/mol. The van der Waals surface area contributed by atoms with Crippen molar-refractivity contribution in [2.45, 2.75) is 12.8 Å². The molecule has 2 rings (SSSR count). The first-order chi connectivity index (χ1) is 8.40. The fraction of sp³-hybridized carbons (Fsp3) is 0.571. The van der Waals surface area contributed by atoms with Crippen molar-refractivity contribution in [1.82, 2.24) is 9.80 Å². The molecule has 2 aliphatic carbocycles. The van der Waals surface area contributed by atoms with E-state index in [1.165, 1.54) is 0 Å². The Morgan fingerprint density at radius 3 is 1.44 bits per heavy atom. The molecule has 0 amide bonds. The molecule has 4 heteroatoms. The highest BCUT2D eigenvalue weighted by Gasteiger charge is 2.47. The van der Waals surface area contributed by atoms with Gasteiger partial charge in [-0.1, -0.05) is 0 Å². The van der Waals surface area contributed by atoms with Gasteiger partial charge in [0.2, 0.25) is 0 Å². The van der Waals surface area contributed by atoms with E-state index in [1.54, 1.807) is 0 Å². The van der Waals surface area contributed by atoms with Crippen LogP contribution in [0, 0.1) is 11.8 Å². The standard InChI is InChI=1S/C14H20N2O2/c1-15(2)7-11-9-5-14(18)12(8-16(3)4)10(9)6-13(11)17/h7-10H,5-6H2,1-4H3. The number of carbonyl (C=O) groups excluding carboxylic acids is 2. The van der Waals surface area contributed by atoms with Crippen LogP contribution in [0.4, 0.5) is 0 Å². The molecule has 2 saturated carbocycles. The quantitative estimate of drug-likeness (QED) is 0.685. The fourth-order valence-corrected chi connectivity index (χ4v) is 2.88. The summed E-state index contributed by atoms with van der Waals surface area (Å²) in [5, 5.41) is 0. The molecule has 98 valence electrons. The Bertz CT molecular complexity index is 405. The number of nitrogens with zero attached hydrogens (tertiary/aromatic N) is 2. The average Bonchev–Trinajstić information content (AvgIpc) is 2.67. The minimum atomic E-state index is 0.0959. The molecule has 2 atom stereocenters. The van der Waals surface area contributed by atoms with Crippen molar-refractivity contribution in [3.8, 4) is 0 Å². The molecule has 0 radical (unpaired) electrons. The highest BCUT2D eigenvalue weighted by molar-refractivity contribution is 6.07. The number of hydrogen-bond donors (Lipinski definition) is 0. The van der Waals surface area contributed by atoms with Gasteiger partial charge in [-0.15, -0.1) is 0 Å². The van der Waals surface area contributed by atoms with Crippen molar-refractivity contribution < 1.29 is 9.59 Å². The van der Waals surface area contributed by atoms with E-state index in [0.717, 1.165) is 11.1 Å². The van der Waals surface area contributed by atoms with E-state index >= 15 is 0 Å². The van der Waals surface area contributed by atoms with Crippen molar-refractivity contribution in [2.75, 3.05) is 28.2 Å². The molecule has 0 spiro atoms. The van der Waals surface area contributed by atoms with Gasteiger partial charge in [0.1, 0.15) is 0 Å². The molecule has 0 aliphatic heterocycles. The Morgan fingerprint density at radius 2 is 1.17 bits per heavy atom. The average molecular weight is 248 g/mol. The van der Waals surface area contributed by atoms with Crippen LogP contribution in [0.15, 0.2) is 23.5 Å². The number of ketones is 2. The minimum absolute atomic E-state index is 0.0959. The van der Waals surface area contributed by atoms with Gasteiger partial charge in [-0.25, -0.2) is 0 Å². The number of Topliss-reactive ketones (excluding diaryl/α,β-unsaturated/α-hetero) is 2. The number of carbonyl (C=O) groups is 2. The van der Waals surface area contributed by atoms with Gasteiger partial charge in [-0.2, -0.15) is 0 Å². The molecule has 2 aliphatic rings. The summed E-state index contributed by atoms with van der Waals surface area (Å²) in [5.74, 6) is 0.573. The van der Waals surface area contributed by atoms with Crippen LogP contribution in [0.1, 0.15) is 12.8 Å². The Kier molecular flexibility index (Phi) is 3.28. The van der Waals surface area contributed by atoms with Crippen LogP contribution in [0.2, 0.25) is 0 Å². The summed E-state index contributed by atoms with van der Waals surface area (Å²) in [6.45, 7) is 0. The van der Waals surface area contributed by atoms with Gasteiger partial charge < -0.3 is 9.80 Å². The van der Waals surface area contributed by atoms with Crippen LogP contribution in [0.25, 0.3) is 0 Å². The summed E-state index contributed by atoms with van der Waals surface area (Å²) in [5.41, 5.74) is 1.64. The first-order valence-electron chi connectivity index (χ1n) is 6.23. The third-order valence-electron chi connectivity index (χ3n) is 3.53. The van der Waals surface area contributed by atoms with Gasteiger partial charge in [-0.05, 0) is 0 Å². The molecule has 0 aromatic carbocycles. The molecule has 0 heterocycles. The summed E-state index contributed by atoms with van der Waals surface area (Å²) in [7, 11) is 7.61. The number of hydrogen-bond acceptors (Lipinski definition) is 4. The van der Waals surface area contributed by atoms with Crippen molar-refractivity contribution >= 4 is 11.6 Å². The molecular formula is C14H20N2O2. The SMILES string of the molecule is CN(C)C=C1C(=O)CC2C(=CN(C)C)C(=O)CC12. The first-order valence-corrected chi connectivity index (χ1v) is 6.23. The molecular weight excluding hydrogens is 228 g/mol. The van der Waals surface area contributed by atoms with Gasteiger partial charge in [0.15, 0.2) is 11.6 Å². The summed E-state index contributed by atoms with van der Waals surface area (Å²) in [6.07, 6.45) is 4.71. The Balaban J connectivity index is 2.33. The van der Waals surface area contributed by atoms with Crippen LogP contribution >= 0.6 is 0 Å². The number of allylic oxidation sites excluding steroid dienone is 2. The maximum atomic E-state index is 12.0. The van der Waals surface area contributed by atoms with Crippen molar-refractivity contribution in [2.24, 2.45) is 11.8 Å². The molecule has 0 aromatic rings. The molecule has 18 heavy (non-hydrogen) atoms. The number of rotatable bonds is 2. The normalized spacial score (nSPS) is 31.3. The molecule has 4 nitrogen and oxygen atoms in total. The molecule has 0 aromatic heterocycles. The maximum absolute atomic E-state index is 12.0. The lowest BCUT2D eigenvalue weighted by molar-refractivity contribution is -0.115. The monoisotopic (exact) mass is 248 g/mol. The van der Waals surface area contributed by atoms with E-state index in [4.69, 9.17) is 0 Å². The van der Waals surface area contributed by atoms with Gasteiger partial charge in [0.25, 0.3) is 0 Å². The molecule has 0 saturated heterocycles.